The minimum Gasteiger partial charge on any atom is -0.394 e. The van der Waals surface area contributed by atoms with Crippen molar-refractivity contribution in [3.63, 3.8) is 0 Å². The molecule has 0 spiro atoms. The molecule has 0 aromatic heterocycles. The van der Waals surface area contributed by atoms with E-state index in [4.69, 9.17) is 14.6 Å². The van der Waals surface area contributed by atoms with Crippen molar-refractivity contribution in [2.24, 2.45) is 0 Å². The van der Waals surface area contributed by atoms with Gasteiger partial charge < -0.3 is 19.3 Å². The van der Waals surface area contributed by atoms with Gasteiger partial charge in [0.05, 0.1) is 25.4 Å². The fraction of sp³-hybridized carbons (Fsp3) is 1.00. The predicted octanol–water partition coefficient (Wildman–Crippen LogP) is 1.07. The van der Waals surface area contributed by atoms with Gasteiger partial charge in [0, 0.05) is 20.8 Å². The summed E-state index contributed by atoms with van der Waals surface area (Å²) < 4.78 is 14.7. The first kappa shape index (κ1) is 16.3. The van der Waals surface area contributed by atoms with E-state index in [9.17, 15) is 0 Å². The lowest BCUT2D eigenvalue weighted by atomic mass is 10.4. The molecule has 0 amide bonds. The summed E-state index contributed by atoms with van der Waals surface area (Å²) in [6.07, 6.45) is 0.0342. The molecule has 0 aliphatic carbocycles. The number of ether oxygens (including phenoxy) is 3. The van der Waals surface area contributed by atoms with Gasteiger partial charge in [-0.1, -0.05) is 0 Å². The van der Waals surface area contributed by atoms with Gasteiger partial charge in [0.1, 0.15) is 0 Å². The van der Waals surface area contributed by atoms with Crippen LogP contribution in [0, 0.1) is 0 Å². The van der Waals surface area contributed by atoms with Crippen molar-refractivity contribution in [2.75, 3.05) is 34.0 Å². The molecule has 4 nitrogen and oxygen atoms in total. The van der Waals surface area contributed by atoms with Gasteiger partial charge in [0.2, 0.25) is 0 Å². The number of aliphatic hydroxyl groups excluding tert-OH is 1. The van der Waals surface area contributed by atoms with Crippen LogP contribution in [0.3, 0.4) is 0 Å². The second-order valence-corrected chi connectivity index (χ2v) is 3.00. The summed E-state index contributed by atoms with van der Waals surface area (Å²) in [6, 6.07) is 0. The average Bonchev–Trinajstić information content (AvgIpc) is 2.16. The molecule has 4 heteroatoms. The summed E-state index contributed by atoms with van der Waals surface area (Å²) in [7, 11) is 3.25. The monoisotopic (exact) mass is 208 g/mol. The van der Waals surface area contributed by atoms with Gasteiger partial charge in [-0.3, -0.25) is 0 Å². The van der Waals surface area contributed by atoms with Crippen LogP contribution in [-0.4, -0.2) is 51.4 Å². The maximum absolute atomic E-state index is 8.61. The van der Waals surface area contributed by atoms with Crippen LogP contribution in [0.2, 0.25) is 0 Å². The van der Waals surface area contributed by atoms with Crippen LogP contribution in [0.1, 0.15) is 20.8 Å². The summed E-state index contributed by atoms with van der Waals surface area (Å²) >= 11 is 0. The fourth-order valence-corrected chi connectivity index (χ4v) is 0.685. The van der Waals surface area contributed by atoms with E-state index in [0.717, 1.165) is 0 Å². The Morgan fingerprint density at radius 1 is 1.07 bits per heavy atom. The zero-order valence-electron chi connectivity index (χ0n) is 9.95. The minimum absolute atomic E-state index is 0.0683. The first-order chi connectivity index (χ1) is 6.62. The van der Waals surface area contributed by atoms with E-state index in [-0.39, 0.29) is 18.8 Å². The highest BCUT2D eigenvalue weighted by Crippen LogP contribution is 1.95. The van der Waals surface area contributed by atoms with Crippen LogP contribution >= 0.6 is 0 Å². The first-order valence-corrected chi connectivity index (χ1v) is 4.86. The number of methoxy groups -OCH3 is 1. The van der Waals surface area contributed by atoms with E-state index < -0.39 is 0 Å². The van der Waals surface area contributed by atoms with Crippen molar-refractivity contribution in [2.45, 2.75) is 33.0 Å². The van der Waals surface area contributed by atoms with Gasteiger partial charge in [-0.05, 0) is 20.8 Å². The molecule has 0 aliphatic heterocycles. The zero-order chi connectivity index (χ0) is 11.4. The van der Waals surface area contributed by atoms with Crippen molar-refractivity contribution in [3.05, 3.63) is 0 Å². The lowest BCUT2D eigenvalue weighted by molar-refractivity contribution is -0.0424. The lowest BCUT2D eigenvalue weighted by Crippen LogP contribution is -2.22. The second kappa shape index (κ2) is 12.8. The molecule has 88 valence electrons. The Labute approximate surface area is 87.2 Å². The molecule has 2 unspecified atom stereocenters. The number of rotatable bonds is 6. The summed E-state index contributed by atoms with van der Waals surface area (Å²) in [5.41, 5.74) is 0. The summed E-state index contributed by atoms with van der Waals surface area (Å²) in [5.74, 6) is 0. The van der Waals surface area contributed by atoms with Crippen LogP contribution in [0.5, 0.6) is 0 Å². The van der Waals surface area contributed by atoms with Crippen molar-refractivity contribution in [1.82, 2.24) is 0 Å². The van der Waals surface area contributed by atoms with Crippen LogP contribution in [-0.2, 0) is 14.2 Å². The number of hydrogen-bond acceptors (Lipinski definition) is 4. The largest absolute Gasteiger partial charge is 0.394 e. The van der Waals surface area contributed by atoms with E-state index in [0.29, 0.717) is 13.2 Å². The highest BCUT2D eigenvalue weighted by molar-refractivity contribution is 4.50. The van der Waals surface area contributed by atoms with E-state index in [1.54, 1.807) is 14.2 Å². The van der Waals surface area contributed by atoms with Crippen LogP contribution in [0.15, 0.2) is 0 Å². The highest BCUT2D eigenvalue weighted by atomic mass is 16.5. The lowest BCUT2D eigenvalue weighted by Gasteiger charge is -2.14. The minimum atomic E-state index is -0.0853. The molecule has 0 aromatic rings. The second-order valence-electron chi connectivity index (χ2n) is 3.00. The Morgan fingerprint density at radius 3 is 1.93 bits per heavy atom. The van der Waals surface area contributed by atoms with Gasteiger partial charge >= 0.3 is 0 Å². The normalized spacial score (nSPS) is 14.1. The van der Waals surface area contributed by atoms with E-state index in [1.807, 2.05) is 20.8 Å². The molecule has 0 saturated heterocycles. The van der Waals surface area contributed by atoms with Crippen molar-refractivity contribution in [1.29, 1.82) is 0 Å². The van der Waals surface area contributed by atoms with E-state index in [1.165, 1.54) is 0 Å². The van der Waals surface area contributed by atoms with Gasteiger partial charge in [-0.25, -0.2) is 0 Å². The molecular formula is C10H24O4. The van der Waals surface area contributed by atoms with Crippen LogP contribution in [0.25, 0.3) is 0 Å². The molecular weight excluding hydrogens is 184 g/mol. The number of aliphatic hydroxyl groups is 1. The zero-order valence-corrected chi connectivity index (χ0v) is 9.95. The summed E-state index contributed by atoms with van der Waals surface area (Å²) in [5, 5.41) is 8.61. The smallest absolute Gasteiger partial charge is 0.0780 e. The Kier molecular flexibility index (Phi) is 14.9. The third-order valence-electron chi connectivity index (χ3n) is 1.32. The van der Waals surface area contributed by atoms with Gasteiger partial charge in [0.25, 0.3) is 0 Å². The first-order valence-electron chi connectivity index (χ1n) is 4.86. The molecule has 0 aromatic carbocycles. The van der Waals surface area contributed by atoms with Gasteiger partial charge in [0.15, 0.2) is 0 Å². The topological polar surface area (TPSA) is 47.9 Å². The van der Waals surface area contributed by atoms with Crippen molar-refractivity contribution < 1.29 is 19.3 Å². The molecule has 0 bridgehead atoms. The Balaban J connectivity index is 0. The van der Waals surface area contributed by atoms with Gasteiger partial charge in [-0.2, -0.15) is 0 Å². The van der Waals surface area contributed by atoms with Crippen molar-refractivity contribution >= 4 is 0 Å². The summed E-state index contributed by atoms with van der Waals surface area (Å²) in [4.78, 5) is 0. The molecule has 0 heterocycles. The molecule has 2 atom stereocenters. The van der Waals surface area contributed by atoms with Crippen LogP contribution < -0.4 is 0 Å². The third-order valence-corrected chi connectivity index (χ3v) is 1.32. The standard InChI is InChI=1S/C8H18O3.C2H6O/c1-4-10-8(3)6-11-7(2)5-9;1-3-2/h7-9H,4-6H2,1-3H3;1-2H3. The Bertz CT molecular complexity index is 98.1. The van der Waals surface area contributed by atoms with E-state index in [2.05, 4.69) is 4.74 Å². The molecule has 0 fully saturated rings. The molecule has 0 aliphatic rings. The van der Waals surface area contributed by atoms with Crippen molar-refractivity contribution in [3.8, 4) is 0 Å². The average molecular weight is 208 g/mol. The summed E-state index contributed by atoms with van der Waals surface area (Å²) in [6.45, 7) is 7.06. The highest BCUT2D eigenvalue weighted by Gasteiger charge is 2.04. The molecule has 1 N–H and O–H groups in total. The molecule has 0 radical (unpaired) electrons. The van der Waals surface area contributed by atoms with Gasteiger partial charge in [-0.15, -0.1) is 0 Å². The fourth-order valence-electron chi connectivity index (χ4n) is 0.685. The Morgan fingerprint density at radius 2 is 1.57 bits per heavy atom. The SMILES string of the molecule is CCOC(C)COC(C)CO.COC. The maximum Gasteiger partial charge on any atom is 0.0780 e. The quantitative estimate of drug-likeness (QED) is 0.709. The van der Waals surface area contributed by atoms with Crippen LogP contribution in [0.4, 0.5) is 0 Å². The Hall–Kier alpha value is -0.160. The third kappa shape index (κ3) is 14.4. The maximum atomic E-state index is 8.61. The van der Waals surface area contributed by atoms with E-state index >= 15 is 0 Å². The molecule has 14 heavy (non-hydrogen) atoms. The molecule has 0 rings (SSSR count). The molecule has 0 saturated carbocycles. The predicted molar refractivity (Wildman–Crippen MR) is 56.5 cm³/mol. The number of hydrogen-bond donors (Lipinski definition) is 1.